The quantitative estimate of drug-likeness (QED) is 0.578. The SMILES string of the molecule is Cc1cc2nc(CC3CCN(S(C)(=O)=O)CC3)n(Cc3ccc(Cl)cc3)c2cc1C. The molecule has 0 spiro atoms. The molecular weight excluding hydrogens is 418 g/mol. The van der Waals surface area contributed by atoms with Crippen LogP contribution in [0.4, 0.5) is 0 Å². The van der Waals surface area contributed by atoms with Crippen LogP contribution in [0.1, 0.15) is 35.4 Å². The number of rotatable bonds is 5. The summed E-state index contributed by atoms with van der Waals surface area (Å²) in [5.41, 5.74) is 5.86. The van der Waals surface area contributed by atoms with E-state index >= 15 is 0 Å². The summed E-state index contributed by atoms with van der Waals surface area (Å²) < 4.78 is 27.5. The first-order valence-corrected chi connectivity index (χ1v) is 12.6. The predicted molar refractivity (Wildman–Crippen MR) is 123 cm³/mol. The fourth-order valence-electron chi connectivity index (χ4n) is 4.24. The number of nitrogens with zero attached hydrogens (tertiary/aromatic N) is 3. The van der Waals surface area contributed by atoms with Gasteiger partial charge in [0.15, 0.2) is 0 Å². The minimum absolute atomic E-state index is 0.436. The van der Waals surface area contributed by atoms with Gasteiger partial charge in [-0.15, -0.1) is 0 Å². The van der Waals surface area contributed by atoms with E-state index in [4.69, 9.17) is 16.6 Å². The summed E-state index contributed by atoms with van der Waals surface area (Å²) in [5, 5.41) is 0.735. The average Bonchev–Trinajstić information content (AvgIpc) is 3.00. The molecule has 5 nitrogen and oxygen atoms in total. The Hall–Kier alpha value is -1.89. The molecule has 0 radical (unpaired) electrons. The fourth-order valence-corrected chi connectivity index (χ4v) is 5.24. The normalized spacial score (nSPS) is 16.4. The van der Waals surface area contributed by atoms with Crippen LogP contribution in [0, 0.1) is 19.8 Å². The van der Waals surface area contributed by atoms with Gasteiger partial charge < -0.3 is 4.57 Å². The van der Waals surface area contributed by atoms with Crippen molar-refractivity contribution in [3.05, 3.63) is 63.9 Å². The van der Waals surface area contributed by atoms with Crippen LogP contribution < -0.4 is 0 Å². The minimum atomic E-state index is -3.10. The molecule has 1 saturated heterocycles. The number of fused-ring (bicyclic) bond motifs is 1. The molecule has 0 aliphatic carbocycles. The van der Waals surface area contributed by atoms with Crippen LogP contribution in [-0.2, 0) is 23.0 Å². The van der Waals surface area contributed by atoms with Crippen molar-refractivity contribution in [1.29, 1.82) is 0 Å². The molecule has 2 heterocycles. The summed E-state index contributed by atoms with van der Waals surface area (Å²) in [5.74, 6) is 1.51. The predicted octanol–water partition coefficient (Wildman–Crippen LogP) is 4.57. The number of piperidine rings is 1. The van der Waals surface area contributed by atoms with Crippen LogP contribution in [0.15, 0.2) is 36.4 Å². The summed E-state index contributed by atoms with van der Waals surface area (Å²) in [6.07, 6.45) is 3.89. The van der Waals surface area contributed by atoms with Crippen molar-refractivity contribution < 1.29 is 8.42 Å². The van der Waals surface area contributed by atoms with Gasteiger partial charge in [0, 0.05) is 31.1 Å². The number of sulfonamides is 1. The summed E-state index contributed by atoms with van der Waals surface area (Å²) in [6, 6.07) is 12.4. The van der Waals surface area contributed by atoms with Gasteiger partial charge in [-0.05, 0) is 73.6 Å². The highest BCUT2D eigenvalue weighted by Gasteiger charge is 2.26. The standard InChI is InChI=1S/C23H28ClN3O2S/c1-16-12-21-22(13-17(16)2)27(15-19-4-6-20(24)7-5-19)23(25-21)14-18-8-10-26(11-9-18)30(3,28)29/h4-7,12-13,18H,8-11,14-15H2,1-3H3. The molecule has 7 heteroatoms. The van der Waals surface area contributed by atoms with Crippen molar-refractivity contribution in [1.82, 2.24) is 13.9 Å². The molecule has 160 valence electrons. The maximum Gasteiger partial charge on any atom is 0.211 e. The molecule has 30 heavy (non-hydrogen) atoms. The molecule has 3 aromatic rings. The number of aromatic nitrogens is 2. The molecule has 1 aliphatic rings. The topological polar surface area (TPSA) is 55.2 Å². The van der Waals surface area contributed by atoms with E-state index in [-0.39, 0.29) is 0 Å². The molecule has 0 amide bonds. The zero-order chi connectivity index (χ0) is 21.5. The molecule has 0 saturated carbocycles. The number of aryl methyl sites for hydroxylation is 2. The lowest BCUT2D eigenvalue weighted by Gasteiger charge is -2.30. The van der Waals surface area contributed by atoms with Crippen LogP contribution in [0.2, 0.25) is 5.02 Å². The average molecular weight is 446 g/mol. The largest absolute Gasteiger partial charge is 0.323 e. The van der Waals surface area contributed by atoms with Crippen molar-refractivity contribution >= 4 is 32.7 Å². The van der Waals surface area contributed by atoms with Crippen molar-refractivity contribution in [2.45, 2.75) is 39.7 Å². The number of benzene rings is 2. The monoisotopic (exact) mass is 445 g/mol. The first-order valence-electron chi connectivity index (χ1n) is 10.4. The van der Waals surface area contributed by atoms with Gasteiger partial charge in [0.2, 0.25) is 10.0 Å². The van der Waals surface area contributed by atoms with E-state index in [9.17, 15) is 8.42 Å². The Bertz CT molecular complexity index is 1160. The third kappa shape index (κ3) is 4.56. The summed E-state index contributed by atoms with van der Waals surface area (Å²) in [6.45, 7) is 6.19. The molecule has 0 unspecified atom stereocenters. The van der Waals surface area contributed by atoms with Crippen LogP contribution in [-0.4, -0.2) is 41.6 Å². The van der Waals surface area contributed by atoms with Gasteiger partial charge in [-0.2, -0.15) is 0 Å². The molecule has 1 aromatic heterocycles. The molecular formula is C23H28ClN3O2S. The lowest BCUT2D eigenvalue weighted by atomic mass is 9.94. The Labute approximate surface area is 183 Å². The maximum atomic E-state index is 11.8. The van der Waals surface area contributed by atoms with E-state index in [1.807, 2.05) is 12.1 Å². The van der Waals surface area contributed by atoms with Crippen molar-refractivity contribution in [3.63, 3.8) is 0 Å². The first-order chi connectivity index (χ1) is 14.2. The number of halogens is 1. The second-order valence-electron chi connectivity index (χ2n) is 8.48. The molecule has 0 N–H and O–H groups in total. The van der Waals surface area contributed by atoms with Crippen molar-refractivity contribution in [2.75, 3.05) is 19.3 Å². The van der Waals surface area contributed by atoms with Gasteiger partial charge in [0.1, 0.15) is 5.82 Å². The first kappa shape index (κ1) is 21.3. The lowest BCUT2D eigenvalue weighted by Crippen LogP contribution is -2.38. The van der Waals surface area contributed by atoms with E-state index in [1.54, 1.807) is 4.31 Å². The Kier molecular flexibility index (Phi) is 5.93. The van der Waals surface area contributed by atoms with Crippen molar-refractivity contribution in [2.24, 2.45) is 5.92 Å². The zero-order valence-electron chi connectivity index (χ0n) is 17.7. The van der Waals surface area contributed by atoms with Crippen LogP contribution >= 0.6 is 11.6 Å². The summed E-state index contributed by atoms with van der Waals surface area (Å²) in [4.78, 5) is 5.00. The van der Waals surface area contributed by atoms with Gasteiger partial charge in [-0.1, -0.05) is 23.7 Å². The van der Waals surface area contributed by atoms with E-state index in [1.165, 1.54) is 22.9 Å². The van der Waals surface area contributed by atoms with Crippen LogP contribution in [0.5, 0.6) is 0 Å². The lowest BCUT2D eigenvalue weighted by molar-refractivity contribution is 0.270. The minimum Gasteiger partial charge on any atom is -0.323 e. The van der Waals surface area contributed by atoms with Crippen LogP contribution in [0.3, 0.4) is 0 Å². The van der Waals surface area contributed by atoms with Gasteiger partial charge in [0.25, 0.3) is 0 Å². The maximum absolute atomic E-state index is 11.8. The van der Waals surface area contributed by atoms with Gasteiger partial charge >= 0.3 is 0 Å². The van der Waals surface area contributed by atoms with E-state index < -0.39 is 10.0 Å². The van der Waals surface area contributed by atoms with Gasteiger partial charge in [-0.25, -0.2) is 17.7 Å². The Morgan fingerprint density at radius 2 is 1.70 bits per heavy atom. The second-order valence-corrected chi connectivity index (χ2v) is 10.9. The smallest absolute Gasteiger partial charge is 0.211 e. The zero-order valence-corrected chi connectivity index (χ0v) is 19.3. The van der Waals surface area contributed by atoms with E-state index in [0.29, 0.717) is 19.0 Å². The van der Waals surface area contributed by atoms with Gasteiger partial charge in [0.05, 0.1) is 17.3 Å². The van der Waals surface area contributed by atoms with E-state index in [0.717, 1.165) is 47.7 Å². The molecule has 1 aliphatic heterocycles. The number of hydrogen-bond donors (Lipinski definition) is 0. The number of imidazole rings is 1. The molecule has 0 atom stereocenters. The molecule has 0 bridgehead atoms. The highest BCUT2D eigenvalue weighted by Crippen LogP contribution is 2.27. The third-order valence-electron chi connectivity index (χ3n) is 6.21. The van der Waals surface area contributed by atoms with Gasteiger partial charge in [-0.3, -0.25) is 0 Å². The molecule has 1 fully saturated rings. The Morgan fingerprint density at radius 1 is 1.07 bits per heavy atom. The Balaban J connectivity index is 1.64. The van der Waals surface area contributed by atoms with E-state index in [2.05, 4.69) is 42.7 Å². The summed E-state index contributed by atoms with van der Waals surface area (Å²) in [7, 11) is -3.10. The molecule has 2 aromatic carbocycles. The van der Waals surface area contributed by atoms with Crippen LogP contribution in [0.25, 0.3) is 11.0 Å². The second kappa shape index (κ2) is 8.33. The summed E-state index contributed by atoms with van der Waals surface area (Å²) >= 11 is 6.06. The fraction of sp³-hybridized carbons (Fsp3) is 0.435. The van der Waals surface area contributed by atoms with Crippen molar-refractivity contribution in [3.8, 4) is 0 Å². The number of hydrogen-bond acceptors (Lipinski definition) is 3. The Morgan fingerprint density at radius 3 is 2.33 bits per heavy atom. The highest BCUT2D eigenvalue weighted by atomic mass is 35.5. The molecule has 4 rings (SSSR count). The highest BCUT2D eigenvalue weighted by molar-refractivity contribution is 7.88. The third-order valence-corrected chi connectivity index (χ3v) is 7.77.